The van der Waals surface area contributed by atoms with Gasteiger partial charge < -0.3 is 15.6 Å². The predicted molar refractivity (Wildman–Crippen MR) is 112 cm³/mol. The summed E-state index contributed by atoms with van der Waals surface area (Å²) in [5, 5.41) is 13.9. The summed E-state index contributed by atoms with van der Waals surface area (Å²) in [7, 11) is 0. The predicted octanol–water partition coefficient (Wildman–Crippen LogP) is 3.84. The Kier molecular flexibility index (Phi) is 5.27. The summed E-state index contributed by atoms with van der Waals surface area (Å²) >= 11 is 7.84. The zero-order valence-corrected chi connectivity index (χ0v) is 16.6. The highest BCUT2D eigenvalue weighted by Crippen LogP contribution is 2.24. The van der Waals surface area contributed by atoms with E-state index in [0.717, 1.165) is 34.9 Å². The second-order valence-corrected chi connectivity index (χ2v) is 7.48. The molecule has 3 heterocycles. The minimum Gasteiger partial charge on any atom is -0.349 e. The van der Waals surface area contributed by atoms with Crippen LogP contribution in [-0.4, -0.2) is 24.6 Å². The summed E-state index contributed by atoms with van der Waals surface area (Å²) in [6.07, 6.45) is 3.47. The van der Waals surface area contributed by atoms with Crippen LogP contribution in [0.4, 0.5) is 16.8 Å². The van der Waals surface area contributed by atoms with Crippen LogP contribution in [0.2, 0.25) is 5.02 Å². The van der Waals surface area contributed by atoms with Gasteiger partial charge >= 0.3 is 0 Å². The number of aromatic amines is 1. The van der Waals surface area contributed by atoms with Gasteiger partial charge in [0, 0.05) is 40.6 Å². The van der Waals surface area contributed by atoms with E-state index in [4.69, 9.17) is 11.6 Å². The maximum absolute atomic E-state index is 12.2. The van der Waals surface area contributed by atoms with Crippen LogP contribution in [-0.2, 0) is 13.0 Å². The largest absolute Gasteiger partial charge is 0.349 e. The molecule has 0 amide bonds. The van der Waals surface area contributed by atoms with E-state index in [1.54, 1.807) is 12.3 Å². The van der Waals surface area contributed by atoms with Crippen molar-refractivity contribution in [3.8, 4) is 0 Å². The van der Waals surface area contributed by atoms with E-state index in [1.165, 1.54) is 15.9 Å². The Labute approximate surface area is 169 Å². The molecule has 10 heteroatoms. The van der Waals surface area contributed by atoms with Gasteiger partial charge in [-0.05, 0) is 30.2 Å². The van der Waals surface area contributed by atoms with Crippen LogP contribution < -0.4 is 16.2 Å². The lowest BCUT2D eigenvalue weighted by molar-refractivity contribution is 0.837. The smallest absolute Gasteiger partial charge is 0.275 e. The Morgan fingerprint density at radius 1 is 1.32 bits per heavy atom. The topological polar surface area (TPSA) is 100 Å². The third-order valence-corrected chi connectivity index (χ3v) is 5.13. The number of aromatic nitrogens is 5. The second-order valence-electron chi connectivity index (χ2n) is 6.18. The Balaban J connectivity index is 1.52. The van der Waals surface area contributed by atoms with Crippen LogP contribution in [0.1, 0.15) is 24.6 Å². The lowest BCUT2D eigenvalue weighted by Gasteiger charge is -2.08. The van der Waals surface area contributed by atoms with Crippen molar-refractivity contribution in [3.63, 3.8) is 0 Å². The van der Waals surface area contributed by atoms with E-state index in [1.807, 2.05) is 23.6 Å². The normalized spacial score (nSPS) is 11.1. The number of nitrogens with one attached hydrogen (secondary N) is 3. The molecule has 8 nitrogen and oxygen atoms in total. The van der Waals surface area contributed by atoms with Crippen molar-refractivity contribution in [3.05, 3.63) is 62.5 Å². The molecular formula is C18H18ClN7OS. The van der Waals surface area contributed by atoms with Crippen molar-refractivity contribution < 1.29 is 0 Å². The second kappa shape index (κ2) is 7.99. The molecule has 0 spiro atoms. The average molecular weight is 416 g/mol. The molecule has 0 atom stereocenters. The number of rotatable bonds is 7. The number of nitrogens with zero attached hydrogens (tertiary/aromatic N) is 4. The SMILES string of the molecule is CCCc1cc(=O)n2nc(NCc3cc(Nc4nccs4)ccc3Cl)nc2[nH]1. The summed E-state index contributed by atoms with van der Waals surface area (Å²) < 4.78 is 1.25. The third kappa shape index (κ3) is 4.00. The van der Waals surface area contributed by atoms with Crippen LogP contribution >= 0.6 is 22.9 Å². The van der Waals surface area contributed by atoms with Crippen LogP contribution in [0.15, 0.2) is 40.6 Å². The molecule has 0 saturated heterocycles. The minimum atomic E-state index is -0.203. The fourth-order valence-electron chi connectivity index (χ4n) is 2.79. The Morgan fingerprint density at radius 3 is 3.00 bits per heavy atom. The Morgan fingerprint density at radius 2 is 2.21 bits per heavy atom. The van der Waals surface area contributed by atoms with Crippen molar-refractivity contribution in [2.45, 2.75) is 26.3 Å². The molecule has 0 fully saturated rings. The molecule has 28 heavy (non-hydrogen) atoms. The first kappa shape index (κ1) is 18.5. The quantitative estimate of drug-likeness (QED) is 0.424. The minimum absolute atomic E-state index is 0.203. The highest BCUT2D eigenvalue weighted by molar-refractivity contribution is 7.13. The van der Waals surface area contributed by atoms with Gasteiger partial charge in [0.05, 0.1) is 0 Å². The maximum Gasteiger partial charge on any atom is 0.275 e. The van der Waals surface area contributed by atoms with Gasteiger partial charge in [0.1, 0.15) is 0 Å². The first-order valence-electron chi connectivity index (χ1n) is 8.80. The number of thiazole rings is 1. The van der Waals surface area contributed by atoms with Crippen molar-refractivity contribution >= 4 is 45.5 Å². The van der Waals surface area contributed by atoms with Gasteiger partial charge in [0.15, 0.2) is 5.13 Å². The molecule has 0 radical (unpaired) electrons. The summed E-state index contributed by atoms with van der Waals surface area (Å²) in [6, 6.07) is 7.22. The van der Waals surface area contributed by atoms with E-state index >= 15 is 0 Å². The summed E-state index contributed by atoms with van der Waals surface area (Å²) in [4.78, 5) is 23.9. The molecule has 4 rings (SSSR count). The lowest BCUT2D eigenvalue weighted by atomic mass is 10.2. The number of aryl methyl sites for hydroxylation is 1. The van der Waals surface area contributed by atoms with E-state index in [2.05, 4.69) is 37.6 Å². The van der Waals surface area contributed by atoms with Crippen LogP contribution in [0.5, 0.6) is 0 Å². The summed E-state index contributed by atoms with van der Waals surface area (Å²) in [5.74, 6) is 0.778. The van der Waals surface area contributed by atoms with E-state index in [9.17, 15) is 4.79 Å². The molecule has 4 aromatic rings. The van der Waals surface area contributed by atoms with Crippen molar-refractivity contribution in [2.24, 2.45) is 0 Å². The first-order valence-corrected chi connectivity index (χ1v) is 10.1. The Hall–Kier alpha value is -2.91. The van der Waals surface area contributed by atoms with Gasteiger partial charge in [-0.2, -0.15) is 9.50 Å². The van der Waals surface area contributed by atoms with Gasteiger partial charge in [-0.25, -0.2) is 4.98 Å². The van der Waals surface area contributed by atoms with E-state index < -0.39 is 0 Å². The summed E-state index contributed by atoms with van der Waals surface area (Å²) in [6.45, 7) is 2.47. The van der Waals surface area contributed by atoms with Gasteiger partial charge in [0.25, 0.3) is 5.56 Å². The van der Waals surface area contributed by atoms with Crippen LogP contribution in [0, 0.1) is 0 Å². The zero-order valence-electron chi connectivity index (χ0n) is 15.1. The molecule has 0 aliphatic heterocycles. The van der Waals surface area contributed by atoms with Crippen LogP contribution in [0.3, 0.4) is 0 Å². The molecule has 0 saturated carbocycles. The third-order valence-electron chi connectivity index (χ3n) is 4.07. The maximum atomic E-state index is 12.2. The summed E-state index contributed by atoms with van der Waals surface area (Å²) in [5.41, 5.74) is 2.41. The van der Waals surface area contributed by atoms with Crippen molar-refractivity contribution in [2.75, 3.05) is 10.6 Å². The zero-order chi connectivity index (χ0) is 19.5. The molecule has 0 unspecified atom stereocenters. The van der Waals surface area contributed by atoms with Gasteiger partial charge in [0.2, 0.25) is 11.7 Å². The number of hydrogen-bond donors (Lipinski definition) is 3. The van der Waals surface area contributed by atoms with Gasteiger partial charge in [-0.15, -0.1) is 16.4 Å². The van der Waals surface area contributed by atoms with Gasteiger partial charge in [-0.3, -0.25) is 4.79 Å². The van der Waals surface area contributed by atoms with Gasteiger partial charge in [-0.1, -0.05) is 24.9 Å². The monoisotopic (exact) mass is 415 g/mol. The lowest BCUT2D eigenvalue weighted by Crippen LogP contribution is -2.15. The number of fused-ring (bicyclic) bond motifs is 1. The Bertz CT molecular complexity index is 1150. The number of H-pyrrole nitrogens is 1. The number of halogens is 1. The molecule has 1 aromatic carbocycles. The van der Waals surface area contributed by atoms with E-state index in [0.29, 0.717) is 23.3 Å². The molecule has 0 aliphatic rings. The highest BCUT2D eigenvalue weighted by atomic mass is 35.5. The van der Waals surface area contributed by atoms with E-state index in [-0.39, 0.29) is 5.56 Å². The molecule has 3 aromatic heterocycles. The van der Waals surface area contributed by atoms with Crippen molar-refractivity contribution in [1.29, 1.82) is 0 Å². The molecule has 0 bridgehead atoms. The molecular weight excluding hydrogens is 398 g/mol. The number of anilines is 3. The average Bonchev–Trinajstić information content (AvgIpc) is 3.32. The molecule has 3 N–H and O–H groups in total. The number of benzene rings is 1. The highest BCUT2D eigenvalue weighted by Gasteiger charge is 2.09. The first-order chi connectivity index (χ1) is 13.6. The van der Waals surface area contributed by atoms with Crippen LogP contribution in [0.25, 0.3) is 5.78 Å². The fraction of sp³-hybridized carbons (Fsp3) is 0.222. The molecule has 144 valence electrons. The van der Waals surface area contributed by atoms with Crippen molar-refractivity contribution in [1.82, 2.24) is 24.6 Å². The molecule has 0 aliphatic carbocycles. The number of hydrogen-bond acceptors (Lipinski definition) is 7. The fourth-order valence-corrected chi connectivity index (χ4v) is 3.52. The standard InChI is InChI=1S/C18H18ClN7OS/c1-2-3-12-9-15(27)26-17(22-12)24-16(25-26)21-10-11-8-13(4-5-14(11)19)23-18-20-6-7-28-18/h4-9H,2-3,10H2,1H3,(H,20,23)(H2,21,22,24,25).